The molecule has 0 aliphatic rings. The Hall–Kier alpha value is -0.570. The van der Waals surface area contributed by atoms with Crippen molar-refractivity contribution in [1.29, 1.82) is 0 Å². The van der Waals surface area contributed by atoms with Crippen molar-refractivity contribution in [1.82, 2.24) is 5.32 Å². The fourth-order valence-electron chi connectivity index (χ4n) is 1.17. The van der Waals surface area contributed by atoms with Crippen LogP contribution in [0.25, 0.3) is 0 Å². The zero-order valence-corrected chi connectivity index (χ0v) is 9.09. The molecular weight excluding hydrogens is 198 g/mol. The van der Waals surface area contributed by atoms with Crippen molar-refractivity contribution in [2.75, 3.05) is 13.2 Å². The summed E-state index contributed by atoms with van der Waals surface area (Å²) in [5.74, 6) is 0.300. The van der Waals surface area contributed by atoms with Gasteiger partial charge in [-0.3, -0.25) is 0 Å². The number of aliphatic hydroxyl groups is 1. The Morgan fingerprint density at radius 2 is 2.29 bits per heavy atom. The lowest BCUT2D eigenvalue weighted by atomic mass is 10.2. The van der Waals surface area contributed by atoms with E-state index in [1.54, 1.807) is 0 Å². The van der Waals surface area contributed by atoms with Gasteiger partial charge in [0, 0.05) is 24.7 Å². The van der Waals surface area contributed by atoms with Gasteiger partial charge in [0.2, 0.25) is 0 Å². The first kappa shape index (κ1) is 11.5. The molecule has 78 valence electrons. The summed E-state index contributed by atoms with van der Waals surface area (Å²) in [7, 11) is 0. The fraction of sp³-hybridized carbons (Fsp3) is 0.455. The minimum Gasteiger partial charge on any atom is -0.396 e. The molecule has 0 amide bonds. The molecule has 0 heterocycles. The van der Waals surface area contributed by atoms with Crippen LogP contribution in [-0.2, 0) is 6.54 Å². The largest absolute Gasteiger partial charge is 0.396 e. The smallest absolute Gasteiger partial charge is 0.0468 e. The first-order valence-electron chi connectivity index (χ1n) is 4.78. The maximum absolute atomic E-state index is 8.81. The molecule has 0 bridgehead atoms. The van der Waals surface area contributed by atoms with E-state index in [-0.39, 0.29) is 6.61 Å². The van der Waals surface area contributed by atoms with Crippen LogP contribution in [0, 0.1) is 5.92 Å². The second-order valence-corrected chi connectivity index (χ2v) is 3.99. The summed E-state index contributed by atoms with van der Waals surface area (Å²) in [4.78, 5) is 0. The van der Waals surface area contributed by atoms with E-state index in [4.69, 9.17) is 16.7 Å². The van der Waals surface area contributed by atoms with Crippen LogP contribution in [0.5, 0.6) is 0 Å². The SMILES string of the molecule is CC(CO)CNCc1cccc(Cl)c1. The van der Waals surface area contributed by atoms with Gasteiger partial charge >= 0.3 is 0 Å². The Kier molecular flexibility index (Phi) is 4.94. The van der Waals surface area contributed by atoms with E-state index < -0.39 is 0 Å². The molecule has 1 unspecified atom stereocenters. The molecule has 1 aromatic carbocycles. The minimum atomic E-state index is 0.225. The maximum atomic E-state index is 8.81. The summed E-state index contributed by atoms with van der Waals surface area (Å²) in [6.45, 7) is 3.85. The molecule has 0 spiro atoms. The summed E-state index contributed by atoms with van der Waals surface area (Å²) in [5, 5.41) is 12.8. The lowest BCUT2D eigenvalue weighted by Crippen LogP contribution is -2.22. The molecule has 1 aromatic rings. The summed E-state index contributed by atoms with van der Waals surface area (Å²) in [6.07, 6.45) is 0. The molecule has 0 aliphatic carbocycles. The van der Waals surface area contributed by atoms with Gasteiger partial charge in [-0.2, -0.15) is 0 Å². The molecule has 2 N–H and O–H groups in total. The van der Waals surface area contributed by atoms with Crippen LogP contribution in [0.15, 0.2) is 24.3 Å². The summed E-state index contributed by atoms with van der Waals surface area (Å²) >= 11 is 5.85. The van der Waals surface area contributed by atoms with Crippen LogP contribution < -0.4 is 5.32 Å². The molecule has 0 radical (unpaired) electrons. The van der Waals surface area contributed by atoms with E-state index in [9.17, 15) is 0 Å². The highest BCUT2D eigenvalue weighted by atomic mass is 35.5. The maximum Gasteiger partial charge on any atom is 0.0468 e. The molecule has 1 atom stereocenters. The molecule has 2 nitrogen and oxygen atoms in total. The number of aliphatic hydroxyl groups excluding tert-OH is 1. The zero-order chi connectivity index (χ0) is 10.4. The predicted molar refractivity (Wildman–Crippen MR) is 59.4 cm³/mol. The third kappa shape index (κ3) is 4.09. The van der Waals surface area contributed by atoms with Crippen LogP contribution in [0.2, 0.25) is 5.02 Å². The second-order valence-electron chi connectivity index (χ2n) is 3.55. The van der Waals surface area contributed by atoms with Gasteiger partial charge < -0.3 is 10.4 Å². The Bertz CT molecular complexity index is 278. The van der Waals surface area contributed by atoms with Crippen LogP contribution in [-0.4, -0.2) is 18.3 Å². The van der Waals surface area contributed by atoms with Crippen molar-refractivity contribution >= 4 is 11.6 Å². The number of hydrogen-bond donors (Lipinski definition) is 2. The number of rotatable bonds is 5. The summed E-state index contributed by atoms with van der Waals surface area (Å²) in [5.41, 5.74) is 1.17. The molecule has 1 rings (SSSR count). The monoisotopic (exact) mass is 213 g/mol. The van der Waals surface area contributed by atoms with E-state index in [1.807, 2.05) is 31.2 Å². The van der Waals surface area contributed by atoms with Crippen molar-refractivity contribution in [2.24, 2.45) is 5.92 Å². The van der Waals surface area contributed by atoms with Crippen LogP contribution in [0.3, 0.4) is 0 Å². The molecular formula is C11H16ClNO. The van der Waals surface area contributed by atoms with Crippen molar-refractivity contribution < 1.29 is 5.11 Å². The van der Waals surface area contributed by atoms with Crippen molar-refractivity contribution in [2.45, 2.75) is 13.5 Å². The first-order chi connectivity index (χ1) is 6.72. The standard InChI is InChI=1S/C11H16ClNO/c1-9(8-14)6-13-7-10-3-2-4-11(12)5-10/h2-5,9,13-14H,6-8H2,1H3. The van der Waals surface area contributed by atoms with Gasteiger partial charge in [-0.25, -0.2) is 0 Å². The van der Waals surface area contributed by atoms with Gasteiger partial charge in [-0.1, -0.05) is 30.7 Å². The van der Waals surface area contributed by atoms with Gasteiger partial charge in [0.25, 0.3) is 0 Å². The highest BCUT2D eigenvalue weighted by Gasteiger charge is 1.99. The van der Waals surface area contributed by atoms with E-state index in [0.717, 1.165) is 18.1 Å². The molecule has 0 saturated carbocycles. The minimum absolute atomic E-state index is 0.225. The van der Waals surface area contributed by atoms with E-state index >= 15 is 0 Å². The van der Waals surface area contributed by atoms with Gasteiger partial charge in [-0.15, -0.1) is 0 Å². The van der Waals surface area contributed by atoms with Gasteiger partial charge in [0.1, 0.15) is 0 Å². The molecule has 0 aromatic heterocycles. The Morgan fingerprint density at radius 3 is 2.93 bits per heavy atom. The Balaban J connectivity index is 2.31. The third-order valence-corrected chi connectivity index (χ3v) is 2.26. The third-order valence-electron chi connectivity index (χ3n) is 2.02. The van der Waals surface area contributed by atoms with Crippen molar-refractivity contribution in [3.05, 3.63) is 34.9 Å². The average molecular weight is 214 g/mol. The van der Waals surface area contributed by atoms with Crippen molar-refractivity contribution in [3.63, 3.8) is 0 Å². The van der Waals surface area contributed by atoms with Gasteiger partial charge in [0.05, 0.1) is 0 Å². The number of benzene rings is 1. The number of halogens is 1. The van der Waals surface area contributed by atoms with Crippen LogP contribution >= 0.6 is 11.6 Å². The predicted octanol–water partition coefficient (Wildman–Crippen LogP) is 2.06. The number of nitrogens with one attached hydrogen (secondary N) is 1. The summed E-state index contributed by atoms with van der Waals surface area (Å²) < 4.78 is 0. The molecule has 0 fully saturated rings. The lowest BCUT2D eigenvalue weighted by Gasteiger charge is -2.09. The topological polar surface area (TPSA) is 32.3 Å². The first-order valence-corrected chi connectivity index (χ1v) is 5.16. The molecule has 3 heteroatoms. The van der Waals surface area contributed by atoms with Gasteiger partial charge in [0.15, 0.2) is 0 Å². The molecule has 0 aliphatic heterocycles. The van der Waals surface area contributed by atoms with Crippen molar-refractivity contribution in [3.8, 4) is 0 Å². The average Bonchev–Trinajstić information content (AvgIpc) is 2.17. The Labute approximate surface area is 89.9 Å². The lowest BCUT2D eigenvalue weighted by molar-refractivity contribution is 0.233. The second kappa shape index (κ2) is 6.02. The van der Waals surface area contributed by atoms with E-state index in [2.05, 4.69) is 5.32 Å². The number of hydrogen-bond acceptors (Lipinski definition) is 2. The molecule has 14 heavy (non-hydrogen) atoms. The van der Waals surface area contributed by atoms with Crippen LogP contribution in [0.1, 0.15) is 12.5 Å². The highest BCUT2D eigenvalue weighted by Crippen LogP contribution is 2.10. The zero-order valence-electron chi connectivity index (χ0n) is 8.33. The van der Waals surface area contributed by atoms with E-state index in [1.165, 1.54) is 5.56 Å². The van der Waals surface area contributed by atoms with Gasteiger partial charge in [-0.05, 0) is 23.6 Å². The normalized spacial score (nSPS) is 12.8. The summed E-state index contributed by atoms with van der Waals surface area (Å²) in [6, 6.07) is 7.77. The quantitative estimate of drug-likeness (QED) is 0.785. The Morgan fingerprint density at radius 1 is 1.50 bits per heavy atom. The fourth-order valence-corrected chi connectivity index (χ4v) is 1.39. The van der Waals surface area contributed by atoms with Crippen LogP contribution in [0.4, 0.5) is 0 Å². The highest BCUT2D eigenvalue weighted by molar-refractivity contribution is 6.30. The molecule has 0 saturated heterocycles. The van der Waals surface area contributed by atoms with E-state index in [0.29, 0.717) is 5.92 Å².